The molecule has 4 rings (SSSR count). The predicted molar refractivity (Wildman–Crippen MR) is 111 cm³/mol. The number of piperidine rings is 1. The van der Waals surface area contributed by atoms with Crippen molar-refractivity contribution in [3.63, 3.8) is 0 Å². The normalized spacial score (nSPS) is 33.6. The number of aliphatic hydroxyl groups excluding tert-OH is 1. The van der Waals surface area contributed by atoms with Crippen LogP contribution in [0.5, 0.6) is 0 Å². The van der Waals surface area contributed by atoms with Gasteiger partial charge < -0.3 is 10.4 Å². The molecule has 164 valence electrons. The summed E-state index contributed by atoms with van der Waals surface area (Å²) < 4.78 is 82.4. The number of nitrogens with one attached hydrogen (secondary N) is 1. The fourth-order valence-electron chi connectivity index (χ4n) is 3.66. The summed E-state index contributed by atoms with van der Waals surface area (Å²) in [7, 11) is -3.94. The average molecular weight is 445 g/mol. The molecule has 3 heterocycles. The van der Waals surface area contributed by atoms with Crippen molar-refractivity contribution in [3.05, 3.63) is 28.7 Å². The number of anilines is 1. The molecule has 2 aromatic rings. The number of aromatic nitrogens is 3. The van der Waals surface area contributed by atoms with E-state index in [0.29, 0.717) is 9.69 Å². The molecular weight excluding hydrogens is 413 g/mol. The smallest absolute Gasteiger partial charge is 0.252 e. The molecule has 2 N–H and O–H groups in total. The number of hydrogen-bond donors (Lipinski definition) is 2. The van der Waals surface area contributed by atoms with Crippen LogP contribution >= 0.6 is 0 Å². The van der Waals surface area contributed by atoms with E-state index in [0.717, 1.165) is 10.8 Å². The minimum Gasteiger partial charge on any atom is -0.393 e. The number of pyridine rings is 1. The quantitative estimate of drug-likeness (QED) is 0.724. The lowest BCUT2D eigenvalue weighted by Crippen LogP contribution is -2.42. The zero-order valence-corrected chi connectivity index (χ0v) is 17.1. The first-order valence-electron chi connectivity index (χ1n) is 12.0. The molecule has 0 spiro atoms. The van der Waals surface area contributed by atoms with Crippen LogP contribution in [0.3, 0.4) is 0 Å². The van der Waals surface area contributed by atoms with E-state index in [1.54, 1.807) is 0 Å². The van der Waals surface area contributed by atoms with Gasteiger partial charge in [-0.05, 0) is 38.1 Å². The molecule has 11 heteroatoms. The summed E-state index contributed by atoms with van der Waals surface area (Å²) in [5.41, 5.74) is -0.591. The molecule has 3 atom stereocenters. The standard InChI is InChI=1S/C19H26FN5O4S/c1-30(28,29)24-8-6-13(7-9-24)22-19-21-11-12-2-5-17(27)25(18(12)23-19)16-10-14(26)3-4-15(16)20/h2,5,11,13-16,26H,3-4,6-10H2,1H3,(H,21,22,23)/t14-,15+,16+/m1/s1/i6D2,7D2,13D. The molecule has 2 aromatic heterocycles. The van der Waals surface area contributed by atoms with Crippen LogP contribution in [0.2, 0.25) is 0 Å². The summed E-state index contributed by atoms with van der Waals surface area (Å²) in [6.45, 7) is -1.55. The first kappa shape index (κ1) is 15.7. The van der Waals surface area contributed by atoms with Crippen LogP contribution in [0.15, 0.2) is 23.1 Å². The molecule has 0 bridgehead atoms. The number of alkyl halides is 1. The zero-order valence-electron chi connectivity index (χ0n) is 21.2. The van der Waals surface area contributed by atoms with Gasteiger partial charge in [0.1, 0.15) is 11.8 Å². The topological polar surface area (TPSA) is 117 Å². The summed E-state index contributed by atoms with van der Waals surface area (Å²) >= 11 is 0. The molecular formula is C19H26FN5O4S. The second kappa shape index (κ2) is 8.20. The largest absolute Gasteiger partial charge is 0.393 e. The van der Waals surface area contributed by atoms with Crippen molar-refractivity contribution < 1.29 is 24.8 Å². The molecule has 1 aliphatic heterocycles. The third-order valence-electron chi connectivity index (χ3n) is 5.28. The summed E-state index contributed by atoms with van der Waals surface area (Å²) in [6.07, 6.45) is -5.25. The summed E-state index contributed by atoms with van der Waals surface area (Å²) in [5.74, 6) is -0.390. The maximum atomic E-state index is 14.8. The van der Waals surface area contributed by atoms with Crippen LogP contribution < -0.4 is 10.9 Å². The lowest BCUT2D eigenvalue weighted by atomic mass is 9.91. The van der Waals surface area contributed by atoms with Crippen LogP contribution in [0.4, 0.5) is 10.3 Å². The number of halogens is 1. The van der Waals surface area contributed by atoms with Crippen LogP contribution in [-0.2, 0) is 10.0 Å². The average Bonchev–Trinajstić information content (AvgIpc) is 2.73. The maximum Gasteiger partial charge on any atom is 0.252 e. The van der Waals surface area contributed by atoms with Gasteiger partial charge >= 0.3 is 0 Å². The highest BCUT2D eigenvalue weighted by Crippen LogP contribution is 2.32. The maximum absolute atomic E-state index is 14.8. The zero-order chi connectivity index (χ0) is 26.0. The molecule has 0 amide bonds. The Bertz CT molecular complexity index is 1290. The lowest BCUT2D eigenvalue weighted by molar-refractivity contribution is 0.0555. The first-order valence-corrected chi connectivity index (χ1v) is 11.3. The monoisotopic (exact) mass is 444 g/mol. The third kappa shape index (κ3) is 4.33. The van der Waals surface area contributed by atoms with Gasteiger partial charge in [0, 0.05) is 42.2 Å². The van der Waals surface area contributed by atoms with Crippen molar-refractivity contribution in [1.82, 2.24) is 18.8 Å². The molecule has 1 aliphatic carbocycles. The van der Waals surface area contributed by atoms with Crippen molar-refractivity contribution >= 4 is 27.0 Å². The van der Waals surface area contributed by atoms with Gasteiger partial charge in [-0.15, -0.1) is 0 Å². The van der Waals surface area contributed by atoms with E-state index in [2.05, 4.69) is 15.3 Å². The Morgan fingerprint density at radius 2 is 2.07 bits per heavy atom. The second-order valence-corrected chi connectivity index (χ2v) is 9.43. The van der Waals surface area contributed by atoms with Crippen molar-refractivity contribution in [2.75, 3.05) is 24.7 Å². The molecule has 1 saturated heterocycles. The Labute approximate surface area is 181 Å². The van der Waals surface area contributed by atoms with Gasteiger partial charge in [0.15, 0.2) is 0 Å². The van der Waals surface area contributed by atoms with Crippen LogP contribution in [0.1, 0.15) is 44.9 Å². The Hall–Kier alpha value is -2.11. The number of rotatable bonds is 4. The van der Waals surface area contributed by atoms with Crippen molar-refractivity contribution in [2.45, 2.75) is 56.3 Å². The highest BCUT2D eigenvalue weighted by Gasteiger charge is 2.33. The SMILES string of the molecule is [2H]C1([2H])CN(S(C)(=O)=O)CC([2H])([2H])C1([2H])Nc1ncc2ccc(=O)n([C@H]3C[C@H](O)CC[C@@H]3F)c2n1. The van der Waals surface area contributed by atoms with Crippen LogP contribution in [0, 0.1) is 0 Å². The summed E-state index contributed by atoms with van der Waals surface area (Å²) in [5, 5.41) is 12.8. The van der Waals surface area contributed by atoms with Crippen molar-refractivity contribution in [3.8, 4) is 0 Å². The molecule has 0 aromatic carbocycles. The van der Waals surface area contributed by atoms with E-state index in [1.165, 1.54) is 18.3 Å². The van der Waals surface area contributed by atoms with E-state index < -0.39 is 65.8 Å². The molecule has 30 heavy (non-hydrogen) atoms. The van der Waals surface area contributed by atoms with E-state index >= 15 is 0 Å². The van der Waals surface area contributed by atoms with E-state index in [9.17, 15) is 22.7 Å². The number of nitrogens with zero attached hydrogens (tertiary/aromatic N) is 4. The van der Waals surface area contributed by atoms with Crippen molar-refractivity contribution in [2.24, 2.45) is 0 Å². The highest BCUT2D eigenvalue weighted by molar-refractivity contribution is 7.88. The fraction of sp³-hybridized carbons (Fsp3) is 0.632. The van der Waals surface area contributed by atoms with Crippen molar-refractivity contribution in [1.29, 1.82) is 0 Å². The van der Waals surface area contributed by atoms with Crippen LogP contribution in [-0.4, -0.2) is 70.0 Å². The minimum absolute atomic E-state index is 0.0121. The fourth-order valence-corrected chi connectivity index (χ4v) is 4.26. The Kier molecular flexibility index (Phi) is 4.28. The van der Waals surface area contributed by atoms with Gasteiger partial charge in [-0.2, -0.15) is 4.98 Å². The molecule has 2 fully saturated rings. The Balaban J connectivity index is 1.78. The lowest BCUT2D eigenvalue weighted by Gasteiger charge is -2.32. The van der Waals surface area contributed by atoms with E-state index in [4.69, 9.17) is 6.85 Å². The molecule has 0 unspecified atom stereocenters. The molecule has 2 aliphatic rings. The van der Waals surface area contributed by atoms with Gasteiger partial charge in [-0.1, -0.05) is 0 Å². The van der Waals surface area contributed by atoms with Gasteiger partial charge in [0.2, 0.25) is 16.0 Å². The predicted octanol–water partition coefficient (Wildman–Crippen LogP) is 1.05. The van der Waals surface area contributed by atoms with E-state index in [1.807, 2.05) is 0 Å². The number of aliphatic hydroxyl groups is 1. The first-order chi connectivity index (χ1) is 16.1. The van der Waals surface area contributed by atoms with Gasteiger partial charge in [-0.3, -0.25) is 9.36 Å². The Morgan fingerprint density at radius 1 is 1.33 bits per heavy atom. The van der Waals surface area contributed by atoms with Gasteiger partial charge in [0.05, 0.1) is 19.8 Å². The molecule has 1 saturated carbocycles. The molecule has 9 nitrogen and oxygen atoms in total. The highest BCUT2D eigenvalue weighted by atomic mass is 32.2. The van der Waals surface area contributed by atoms with Crippen LogP contribution in [0.25, 0.3) is 11.0 Å². The minimum atomic E-state index is -3.94. The number of sulfonamides is 1. The van der Waals surface area contributed by atoms with Gasteiger partial charge in [0.25, 0.3) is 5.56 Å². The van der Waals surface area contributed by atoms with Gasteiger partial charge in [-0.25, -0.2) is 22.1 Å². The van der Waals surface area contributed by atoms with E-state index in [-0.39, 0.29) is 30.9 Å². The Morgan fingerprint density at radius 3 is 2.77 bits per heavy atom. The molecule has 0 radical (unpaired) electrons. The third-order valence-corrected chi connectivity index (χ3v) is 6.47. The number of hydrogen-bond acceptors (Lipinski definition) is 7. The number of fused-ring (bicyclic) bond motifs is 1. The second-order valence-electron chi connectivity index (χ2n) is 7.45. The summed E-state index contributed by atoms with van der Waals surface area (Å²) in [4.78, 5) is 20.9. The summed E-state index contributed by atoms with van der Waals surface area (Å²) in [6, 6.07) is -1.07.